The van der Waals surface area contributed by atoms with Gasteiger partial charge in [0, 0.05) is 17.8 Å². The van der Waals surface area contributed by atoms with Crippen molar-refractivity contribution in [2.24, 2.45) is 0 Å². The third-order valence-electron chi connectivity index (χ3n) is 5.23. The maximum absolute atomic E-state index is 12.6. The van der Waals surface area contributed by atoms with Crippen molar-refractivity contribution in [3.63, 3.8) is 0 Å². The lowest BCUT2D eigenvalue weighted by Crippen LogP contribution is -2.24. The smallest absolute Gasteiger partial charge is 0.231 e. The van der Waals surface area contributed by atoms with Gasteiger partial charge in [-0.25, -0.2) is 0 Å². The summed E-state index contributed by atoms with van der Waals surface area (Å²) in [5.41, 5.74) is 2.72. The number of benzene rings is 3. The zero-order valence-electron chi connectivity index (χ0n) is 18.4. The number of nitrogens with one attached hydrogen (secondary N) is 1. The van der Waals surface area contributed by atoms with Gasteiger partial charge in [0.15, 0.2) is 22.5 Å². The summed E-state index contributed by atoms with van der Waals surface area (Å²) >= 11 is 1.33. The molecule has 9 heteroatoms. The SMILES string of the molecule is COc1cccc(-c2nnc(SCC(=O)NCc3ccc4c(c3)OCO4)n2-c2ccccc2)c1. The van der Waals surface area contributed by atoms with Gasteiger partial charge in [-0.15, -0.1) is 10.2 Å². The van der Waals surface area contributed by atoms with Gasteiger partial charge in [-0.05, 0) is 42.0 Å². The number of thioether (sulfide) groups is 1. The molecule has 1 aliphatic heterocycles. The molecule has 172 valence electrons. The third kappa shape index (κ3) is 4.69. The van der Waals surface area contributed by atoms with Crippen LogP contribution >= 0.6 is 11.8 Å². The number of para-hydroxylation sites is 1. The average molecular weight is 475 g/mol. The number of carbonyl (C=O) groups is 1. The lowest BCUT2D eigenvalue weighted by molar-refractivity contribution is -0.118. The minimum atomic E-state index is -0.104. The zero-order valence-corrected chi connectivity index (χ0v) is 19.2. The van der Waals surface area contributed by atoms with E-state index in [1.807, 2.05) is 77.4 Å². The highest BCUT2D eigenvalue weighted by atomic mass is 32.2. The van der Waals surface area contributed by atoms with Crippen molar-refractivity contribution in [1.82, 2.24) is 20.1 Å². The van der Waals surface area contributed by atoms with Crippen LogP contribution in [-0.2, 0) is 11.3 Å². The van der Waals surface area contributed by atoms with Crippen LogP contribution in [0.3, 0.4) is 0 Å². The lowest BCUT2D eigenvalue weighted by atomic mass is 10.2. The summed E-state index contributed by atoms with van der Waals surface area (Å²) in [6.07, 6.45) is 0. The van der Waals surface area contributed by atoms with E-state index in [0.29, 0.717) is 23.3 Å². The molecular weight excluding hydrogens is 452 g/mol. The van der Waals surface area contributed by atoms with Gasteiger partial charge in [0.05, 0.1) is 12.9 Å². The fraction of sp³-hybridized carbons (Fsp3) is 0.160. The molecule has 1 N–H and O–H groups in total. The molecule has 4 aromatic rings. The summed E-state index contributed by atoms with van der Waals surface area (Å²) in [5.74, 6) is 2.92. The Balaban J connectivity index is 1.31. The van der Waals surface area contributed by atoms with Gasteiger partial charge >= 0.3 is 0 Å². The van der Waals surface area contributed by atoms with Crippen molar-refractivity contribution in [2.45, 2.75) is 11.7 Å². The van der Waals surface area contributed by atoms with Gasteiger partial charge in [0.1, 0.15) is 5.75 Å². The molecule has 0 unspecified atom stereocenters. The Kier molecular flexibility index (Phi) is 6.35. The van der Waals surface area contributed by atoms with E-state index in [0.717, 1.165) is 28.3 Å². The second-order valence-electron chi connectivity index (χ2n) is 7.46. The van der Waals surface area contributed by atoms with E-state index in [-0.39, 0.29) is 18.5 Å². The van der Waals surface area contributed by atoms with E-state index in [2.05, 4.69) is 15.5 Å². The first kappa shape index (κ1) is 21.8. The summed E-state index contributed by atoms with van der Waals surface area (Å²) in [7, 11) is 1.63. The number of hydrogen-bond donors (Lipinski definition) is 1. The van der Waals surface area contributed by atoms with Gasteiger partial charge < -0.3 is 19.5 Å². The molecule has 8 nitrogen and oxygen atoms in total. The van der Waals surface area contributed by atoms with Crippen molar-refractivity contribution >= 4 is 17.7 Å². The number of aromatic nitrogens is 3. The Hall–Kier alpha value is -3.98. The number of methoxy groups -OCH3 is 1. The van der Waals surface area contributed by atoms with Crippen molar-refractivity contribution in [3.8, 4) is 34.3 Å². The second-order valence-corrected chi connectivity index (χ2v) is 8.40. The predicted molar refractivity (Wildman–Crippen MR) is 128 cm³/mol. The number of ether oxygens (including phenoxy) is 3. The van der Waals surface area contributed by atoms with E-state index >= 15 is 0 Å². The first-order valence-corrected chi connectivity index (χ1v) is 11.6. The molecule has 1 amide bonds. The second kappa shape index (κ2) is 9.88. The van der Waals surface area contributed by atoms with Gasteiger partial charge in [0.25, 0.3) is 0 Å². The Labute approximate surface area is 200 Å². The number of amides is 1. The van der Waals surface area contributed by atoms with Crippen LogP contribution in [0.5, 0.6) is 17.2 Å². The van der Waals surface area contributed by atoms with Crippen LogP contribution in [0.15, 0.2) is 78.0 Å². The van der Waals surface area contributed by atoms with Crippen LogP contribution in [-0.4, -0.2) is 40.3 Å². The Bertz CT molecular complexity index is 1310. The van der Waals surface area contributed by atoms with E-state index in [4.69, 9.17) is 14.2 Å². The maximum atomic E-state index is 12.6. The molecule has 3 aromatic carbocycles. The van der Waals surface area contributed by atoms with E-state index < -0.39 is 0 Å². The first-order chi connectivity index (χ1) is 16.7. The molecule has 0 atom stereocenters. The number of carbonyl (C=O) groups excluding carboxylic acids is 1. The summed E-state index contributed by atoms with van der Waals surface area (Å²) in [4.78, 5) is 12.6. The number of rotatable bonds is 8. The summed E-state index contributed by atoms with van der Waals surface area (Å²) in [6, 6.07) is 23.1. The minimum Gasteiger partial charge on any atom is -0.497 e. The molecule has 0 saturated heterocycles. The largest absolute Gasteiger partial charge is 0.497 e. The van der Waals surface area contributed by atoms with Crippen LogP contribution < -0.4 is 19.5 Å². The summed E-state index contributed by atoms with van der Waals surface area (Å²) in [6.45, 7) is 0.623. The quantitative estimate of drug-likeness (QED) is 0.385. The van der Waals surface area contributed by atoms with Crippen LogP contribution in [0.1, 0.15) is 5.56 Å². The van der Waals surface area contributed by atoms with Crippen LogP contribution in [0.4, 0.5) is 0 Å². The molecule has 1 aliphatic rings. The van der Waals surface area contributed by atoms with Crippen molar-refractivity contribution in [1.29, 1.82) is 0 Å². The Morgan fingerprint density at radius 3 is 2.74 bits per heavy atom. The fourth-order valence-electron chi connectivity index (χ4n) is 3.56. The van der Waals surface area contributed by atoms with E-state index in [9.17, 15) is 4.79 Å². The van der Waals surface area contributed by atoms with Crippen molar-refractivity contribution in [3.05, 3.63) is 78.4 Å². The number of fused-ring (bicyclic) bond motifs is 1. The van der Waals surface area contributed by atoms with Gasteiger partial charge in [-0.1, -0.05) is 48.2 Å². The highest BCUT2D eigenvalue weighted by Gasteiger charge is 2.18. The molecular formula is C25H22N4O4S. The maximum Gasteiger partial charge on any atom is 0.231 e. The number of hydrogen-bond acceptors (Lipinski definition) is 7. The van der Waals surface area contributed by atoms with Crippen molar-refractivity contribution < 1.29 is 19.0 Å². The fourth-order valence-corrected chi connectivity index (χ4v) is 4.34. The molecule has 5 rings (SSSR count). The lowest BCUT2D eigenvalue weighted by Gasteiger charge is -2.11. The normalized spacial score (nSPS) is 11.9. The highest BCUT2D eigenvalue weighted by Crippen LogP contribution is 2.32. The monoisotopic (exact) mass is 474 g/mol. The van der Waals surface area contributed by atoms with Gasteiger partial charge in [-0.3, -0.25) is 9.36 Å². The highest BCUT2D eigenvalue weighted by molar-refractivity contribution is 7.99. The third-order valence-corrected chi connectivity index (χ3v) is 6.16. The zero-order chi connectivity index (χ0) is 23.3. The van der Waals surface area contributed by atoms with Gasteiger partial charge in [0.2, 0.25) is 12.7 Å². The molecule has 0 radical (unpaired) electrons. The summed E-state index contributed by atoms with van der Waals surface area (Å²) < 4.78 is 18.0. The van der Waals surface area contributed by atoms with E-state index in [1.165, 1.54) is 11.8 Å². The average Bonchev–Trinajstić information content (AvgIpc) is 3.53. The van der Waals surface area contributed by atoms with Crippen molar-refractivity contribution in [2.75, 3.05) is 19.7 Å². The molecule has 0 bridgehead atoms. The Morgan fingerprint density at radius 2 is 1.88 bits per heavy atom. The molecule has 0 saturated carbocycles. The molecule has 34 heavy (non-hydrogen) atoms. The molecule has 0 aliphatic carbocycles. The van der Waals surface area contributed by atoms with E-state index in [1.54, 1.807) is 7.11 Å². The number of nitrogens with zero attached hydrogens (tertiary/aromatic N) is 3. The summed E-state index contributed by atoms with van der Waals surface area (Å²) in [5, 5.41) is 12.4. The Morgan fingerprint density at radius 1 is 1.03 bits per heavy atom. The molecule has 1 aromatic heterocycles. The molecule has 2 heterocycles. The predicted octanol–water partition coefficient (Wildman–Crippen LogP) is 4.08. The van der Waals surface area contributed by atoms with Crippen LogP contribution in [0, 0.1) is 0 Å². The topological polar surface area (TPSA) is 87.5 Å². The first-order valence-electron chi connectivity index (χ1n) is 10.6. The van der Waals surface area contributed by atoms with Crippen LogP contribution in [0.25, 0.3) is 17.1 Å². The molecule has 0 fully saturated rings. The van der Waals surface area contributed by atoms with Gasteiger partial charge in [-0.2, -0.15) is 0 Å². The molecule has 0 spiro atoms. The minimum absolute atomic E-state index is 0.104. The standard InChI is InChI=1S/C25H22N4O4S/c1-31-20-9-5-6-18(13-20)24-27-28-25(29(24)19-7-3-2-4-8-19)34-15-23(30)26-14-17-10-11-21-22(12-17)33-16-32-21/h2-13H,14-16H2,1H3,(H,26,30). The van der Waals surface area contributed by atoms with Crippen LogP contribution in [0.2, 0.25) is 0 Å².